The molecule has 0 aliphatic heterocycles. The van der Waals surface area contributed by atoms with Gasteiger partial charge in [0.05, 0.1) is 0 Å². The van der Waals surface area contributed by atoms with Crippen molar-refractivity contribution >= 4 is 5.78 Å². The van der Waals surface area contributed by atoms with E-state index < -0.39 is 5.60 Å². The van der Waals surface area contributed by atoms with Crippen molar-refractivity contribution in [3.05, 3.63) is 23.8 Å². The number of carbonyl (C=O) groups excluding carboxylic acids is 1. The van der Waals surface area contributed by atoms with Crippen molar-refractivity contribution in [2.45, 2.75) is 64.9 Å². The summed E-state index contributed by atoms with van der Waals surface area (Å²) < 4.78 is 5.48. The van der Waals surface area contributed by atoms with E-state index in [-0.39, 0.29) is 5.78 Å². The van der Waals surface area contributed by atoms with Crippen LogP contribution in [0.25, 0.3) is 0 Å². The van der Waals surface area contributed by atoms with E-state index in [9.17, 15) is 4.79 Å². The molecule has 0 bridgehead atoms. The van der Waals surface area contributed by atoms with Crippen LogP contribution in [-0.4, -0.2) is 18.5 Å². The molecule has 0 saturated heterocycles. The molecular formula is C17H28O2. The fraction of sp³-hybridized carbons (Fsp3) is 0.706. The molecule has 0 aromatic heterocycles. The molecule has 0 fully saturated rings. The lowest BCUT2D eigenvalue weighted by Gasteiger charge is -2.26. The van der Waals surface area contributed by atoms with Crippen LogP contribution in [0.5, 0.6) is 0 Å². The highest BCUT2D eigenvalue weighted by molar-refractivity contribution is 5.93. The molecule has 0 saturated carbocycles. The van der Waals surface area contributed by atoms with Gasteiger partial charge in [0.2, 0.25) is 0 Å². The van der Waals surface area contributed by atoms with Crippen molar-refractivity contribution in [2.24, 2.45) is 5.92 Å². The number of allylic oxidation sites excluding steroid dienone is 2. The van der Waals surface area contributed by atoms with Crippen molar-refractivity contribution in [1.82, 2.24) is 0 Å². The average Bonchev–Trinajstić information content (AvgIpc) is 2.75. The second-order valence-corrected chi connectivity index (χ2v) is 5.92. The van der Waals surface area contributed by atoms with Crippen molar-refractivity contribution in [3.63, 3.8) is 0 Å². The first-order chi connectivity index (χ1) is 9.03. The van der Waals surface area contributed by atoms with Gasteiger partial charge in [0.1, 0.15) is 0 Å². The Labute approximate surface area is 117 Å². The topological polar surface area (TPSA) is 26.3 Å². The molecule has 0 spiro atoms. The Morgan fingerprint density at radius 2 is 1.95 bits per heavy atom. The number of hydrogen-bond donors (Lipinski definition) is 0. The van der Waals surface area contributed by atoms with Gasteiger partial charge in [-0.05, 0) is 30.9 Å². The predicted octanol–water partition coefficient (Wildman–Crippen LogP) is 4.45. The zero-order valence-electron chi connectivity index (χ0n) is 12.9. The minimum Gasteiger partial charge on any atom is -0.362 e. The highest BCUT2D eigenvalue weighted by atomic mass is 16.5. The third kappa shape index (κ3) is 4.31. The SMILES string of the molecule is COC1(C(=O)CCCCCCC(C)C)C=CC=C1C. The van der Waals surface area contributed by atoms with Gasteiger partial charge in [-0.3, -0.25) is 4.79 Å². The van der Waals surface area contributed by atoms with Gasteiger partial charge < -0.3 is 4.74 Å². The summed E-state index contributed by atoms with van der Waals surface area (Å²) in [5, 5.41) is 0. The summed E-state index contributed by atoms with van der Waals surface area (Å²) in [6, 6.07) is 0. The van der Waals surface area contributed by atoms with E-state index in [1.165, 1.54) is 19.3 Å². The first-order valence-electron chi connectivity index (χ1n) is 7.48. The predicted molar refractivity (Wildman–Crippen MR) is 80.2 cm³/mol. The zero-order chi connectivity index (χ0) is 14.3. The van der Waals surface area contributed by atoms with E-state index in [0.717, 1.165) is 24.3 Å². The zero-order valence-corrected chi connectivity index (χ0v) is 12.9. The van der Waals surface area contributed by atoms with E-state index >= 15 is 0 Å². The number of ether oxygens (including phenoxy) is 1. The Bertz CT molecular complexity index is 352. The molecule has 1 aliphatic rings. The monoisotopic (exact) mass is 264 g/mol. The highest BCUT2D eigenvalue weighted by Crippen LogP contribution is 2.30. The van der Waals surface area contributed by atoms with Crippen molar-refractivity contribution in [2.75, 3.05) is 7.11 Å². The van der Waals surface area contributed by atoms with Gasteiger partial charge in [-0.15, -0.1) is 0 Å². The molecule has 0 aromatic rings. The average molecular weight is 264 g/mol. The first kappa shape index (κ1) is 16.2. The number of ketones is 1. The number of carbonyl (C=O) groups is 1. The maximum atomic E-state index is 12.3. The number of unbranched alkanes of at least 4 members (excludes halogenated alkanes) is 3. The number of Topliss-reactive ketones (excluding diaryl/α,β-unsaturated/α-hetero) is 1. The Kier molecular flexibility index (Phi) is 6.50. The molecule has 1 unspecified atom stereocenters. The summed E-state index contributed by atoms with van der Waals surface area (Å²) in [7, 11) is 1.62. The van der Waals surface area contributed by atoms with Gasteiger partial charge in [0.25, 0.3) is 0 Å². The first-order valence-corrected chi connectivity index (χ1v) is 7.48. The molecule has 0 radical (unpaired) electrons. The molecule has 0 heterocycles. The van der Waals surface area contributed by atoms with E-state index in [0.29, 0.717) is 6.42 Å². The molecule has 108 valence electrons. The Hall–Kier alpha value is -0.890. The number of hydrogen-bond acceptors (Lipinski definition) is 2. The minimum absolute atomic E-state index is 0.196. The van der Waals surface area contributed by atoms with Crippen LogP contribution in [0.1, 0.15) is 59.3 Å². The molecule has 19 heavy (non-hydrogen) atoms. The normalized spacial score (nSPS) is 22.1. The fourth-order valence-corrected chi connectivity index (χ4v) is 2.62. The van der Waals surface area contributed by atoms with Gasteiger partial charge in [-0.1, -0.05) is 51.7 Å². The fourth-order valence-electron chi connectivity index (χ4n) is 2.62. The van der Waals surface area contributed by atoms with Gasteiger partial charge in [0, 0.05) is 13.5 Å². The van der Waals surface area contributed by atoms with Crippen LogP contribution in [-0.2, 0) is 9.53 Å². The molecule has 1 aliphatic carbocycles. The van der Waals surface area contributed by atoms with Crippen LogP contribution in [0.15, 0.2) is 23.8 Å². The van der Waals surface area contributed by atoms with Crippen LogP contribution in [0.4, 0.5) is 0 Å². The van der Waals surface area contributed by atoms with Crippen LogP contribution in [0, 0.1) is 5.92 Å². The van der Waals surface area contributed by atoms with E-state index in [2.05, 4.69) is 13.8 Å². The summed E-state index contributed by atoms with van der Waals surface area (Å²) in [6.45, 7) is 6.48. The van der Waals surface area contributed by atoms with Gasteiger partial charge in [-0.2, -0.15) is 0 Å². The van der Waals surface area contributed by atoms with Gasteiger partial charge >= 0.3 is 0 Å². The smallest absolute Gasteiger partial charge is 0.172 e. The minimum atomic E-state index is -0.766. The van der Waals surface area contributed by atoms with Gasteiger partial charge in [-0.25, -0.2) is 0 Å². The summed E-state index contributed by atoms with van der Waals surface area (Å²) in [4.78, 5) is 12.3. The van der Waals surface area contributed by atoms with Crippen LogP contribution in [0.3, 0.4) is 0 Å². The lowest BCUT2D eigenvalue weighted by molar-refractivity contribution is -0.132. The van der Waals surface area contributed by atoms with Crippen LogP contribution >= 0.6 is 0 Å². The summed E-state index contributed by atoms with van der Waals surface area (Å²) in [5.74, 6) is 0.983. The lowest BCUT2D eigenvalue weighted by Crippen LogP contribution is -2.38. The van der Waals surface area contributed by atoms with Crippen LogP contribution < -0.4 is 0 Å². The van der Waals surface area contributed by atoms with Crippen molar-refractivity contribution < 1.29 is 9.53 Å². The van der Waals surface area contributed by atoms with E-state index in [1.54, 1.807) is 7.11 Å². The quantitative estimate of drug-likeness (QED) is 0.575. The Morgan fingerprint density at radius 1 is 1.26 bits per heavy atom. The summed E-state index contributed by atoms with van der Waals surface area (Å²) in [5.41, 5.74) is 0.234. The molecule has 2 heteroatoms. The lowest BCUT2D eigenvalue weighted by atomic mass is 9.89. The Morgan fingerprint density at radius 3 is 2.47 bits per heavy atom. The third-order valence-corrected chi connectivity index (χ3v) is 3.93. The third-order valence-electron chi connectivity index (χ3n) is 3.93. The number of rotatable bonds is 9. The Balaban J connectivity index is 2.28. The highest BCUT2D eigenvalue weighted by Gasteiger charge is 2.38. The second-order valence-electron chi connectivity index (χ2n) is 5.92. The largest absolute Gasteiger partial charge is 0.362 e. The van der Waals surface area contributed by atoms with E-state index in [1.807, 2.05) is 25.2 Å². The molecule has 1 rings (SSSR count). The van der Waals surface area contributed by atoms with Crippen LogP contribution in [0.2, 0.25) is 0 Å². The molecule has 2 nitrogen and oxygen atoms in total. The maximum absolute atomic E-state index is 12.3. The molecule has 0 aromatic carbocycles. The van der Waals surface area contributed by atoms with Gasteiger partial charge in [0.15, 0.2) is 11.4 Å². The second kappa shape index (κ2) is 7.64. The molecular weight excluding hydrogens is 236 g/mol. The summed E-state index contributed by atoms with van der Waals surface area (Å²) >= 11 is 0. The standard InChI is InChI=1S/C17H28O2/c1-14(2)10-7-5-6-8-12-16(18)17(19-4)13-9-11-15(17)3/h9,11,13-14H,5-8,10,12H2,1-4H3. The van der Waals surface area contributed by atoms with Crippen molar-refractivity contribution in [1.29, 1.82) is 0 Å². The maximum Gasteiger partial charge on any atom is 0.172 e. The molecule has 0 N–H and O–H groups in total. The number of methoxy groups -OCH3 is 1. The molecule has 1 atom stereocenters. The summed E-state index contributed by atoms with van der Waals surface area (Å²) in [6.07, 6.45) is 12.3. The van der Waals surface area contributed by atoms with E-state index in [4.69, 9.17) is 4.74 Å². The van der Waals surface area contributed by atoms with Crippen molar-refractivity contribution in [3.8, 4) is 0 Å². The molecule has 0 amide bonds.